The van der Waals surface area contributed by atoms with E-state index in [0.717, 1.165) is 37.4 Å². The molecule has 0 unspecified atom stereocenters. The van der Waals surface area contributed by atoms with Gasteiger partial charge >= 0.3 is 0 Å². The Bertz CT molecular complexity index is 332. The number of ether oxygens (including phenoxy) is 2. The molecule has 0 saturated carbocycles. The minimum absolute atomic E-state index is 0.0102. The van der Waals surface area contributed by atoms with Crippen LogP contribution in [0.5, 0.6) is 5.75 Å². The average Bonchev–Trinajstić information content (AvgIpc) is 2.31. The molecule has 0 bridgehead atoms. The molecule has 3 heteroatoms. The van der Waals surface area contributed by atoms with Gasteiger partial charge in [-0.05, 0) is 13.0 Å². The van der Waals surface area contributed by atoms with Gasteiger partial charge in [0.1, 0.15) is 11.9 Å². The quantitative estimate of drug-likeness (QED) is 0.851. The second kappa shape index (κ2) is 5.32. The molecule has 2 N–H and O–H groups in total. The van der Waals surface area contributed by atoms with E-state index in [1.807, 2.05) is 31.2 Å². The zero-order valence-electron chi connectivity index (χ0n) is 9.69. The summed E-state index contributed by atoms with van der Waals surface area (Å²) in [5.74, 6) is 0.921. The number of hydrogen-bond acceptors (Lipinski definition) is 3. The van der Waals surface area contributed by atoms with Crippen molar-refractivity contribution in [2.45, 2.75) is 31.9 Å². The fraction of sp³-hybridized carbons (Fsp3) is 0.538. The number of nitrogens with two attached hydrogens (primary N) is 1. The monoisotopic (exact) mass is 221 g/mol. The lowest BCUT2D eigenvalue weighted by molar-refractivity contribution is 0.0251. The van der Waals surface area contributed by atoms with Crippen LogP contribution in [-0.2, 0) is 4.74 Å². The van der Waals surface area contributed by atoms with Crippen molar-refractivity contribution in [1.82, 2.24) is 0 Å². The average molecular weight is 221 g/mol. The van der Waals surface area contributed by atoms with Crippen molar-refractivity contribution >= 4 is 0 Å². The molecular weight excluding hydrogens is 202 g/mol. The molecular formula is C13H19NO2. The van der Waals surface area contributed by atoms with Gasteiger partial charge in [0.25, 0.3) is 0 Å². The second-order valence-electron chi connectivity index (χ2n) is 4.26. The first-order chi connectivity index (χ1) is 7.77. The smallest absolute Gasteiger partial charge is 0.124 e. The summed E-state index contributed by atoms with van der Waals surface area (Å²) in [7, 11) is 0. The van der Waals surface area contributed by atoms with Crippen LogP contribution in [0.15, 0.2) is 24.3 Å². The number of para-hydroxylation sites is 1. The van der Waals surface area contributed by atoms with Crippen LogP contribution in [0.3, 0.4) is 0 Å². The predicted octanol–water partition coefficient (Wildman–Crippen LogP) is 2.26. The Morgan fingerprint density at radius 2 is 2.00 bits per heavy atom. The van der Waals surface area contributed by atoms with Gasteiger partial charge in [0, 0.05) is 24.4 Å². The number of rotatable bonds is 3. The van der Waals surface area contributed by atoms with Crippen LogP contribution >= 0.6 is 0 Å². The van der Waals surface area contributed by atoms with Crippen molar-refractivity contribution in [3.63, 3.8) is 0 Å². The topological polar surface area (TPSA) is 44.5 Å². The van der Waals surface area contributed by atoms with E-state index < -0.39 is 0 Å². The summed E-state index contributed by atoms with van der Waals surface area (Å²) in [6.07, 6.45) is 2.20. The van der Waals surface area contributed by atoms with Crippen LogP contribution in [0.4, 0.5) is 0 Å². The maximum Gasteiger partial charge on any atom is 0.124 e. The molecule has 1 fully saturated rings. The Morgan fingerprint density at radius 3 is 2.69 bits per heavy atom. The summed E-state index contributed by atoms with van der Waals surface area (Å²) in [6.45, 7) is 3.57. The number of hydrogen-bond donors (Lipinski definition) is 1. The largest absolute Gasteiger partial charge is 0.490 e. The standard InChI is InChI=1S/C13H19NO2/c1-10(14)12-4-2-3-5-13(12)16-11-6-8-15-9-7-11/h2-5,10-11H,6-9,14H2,1H3/t10-/m1/s1. The van der Waals surface area contributed by atoms with Gasteiger partial charge in [0.15, 0.2) is 0 Å². The Hall–Kier alpha value is -1.06. The van der Waals surface area contributed by atoms with Crippen LogP contribution in [0.25, 0.3) is 0 Å². The molecule has 1 aromatic rings. The Morgan fingerprint density at radius 1 is 1.31 bits per heavy atom. The van der Waals surface area contributed by atoms with E-state index in [9.17, 15) is 0 Å². The van der Waals surface area contributed by atoms with E-state index >= 15 is 0 Å². The first-order valence-corrected chi connectivity index (χ1v) is 5.86. The highest BCUT2D eigenvalue weighted by molar-refractivity contribution is 5.35. The van der Waals surface area contributed by atoms with E-state index in [-0.39, 0.29) is 12.1 Å². The van der Waals surface area contributed by atoms with Gasteiger partial charge in [-0.1, -0.05) is 18.2 Å². The van der Waals surface area contributed by atoms with Crippen molar-refractivity contribution in [1.29, 1.82) is 0 Å². The van der Waals surface area contributed by atoms with Crippen molar-refractivity contribution in [2.24, 2.45) is 5.73 Å². The van der Waals surface area contributed by atoms with Gasteiger partial charge in [0.05, 0.1) is 13.2 Å². The molecule has 1 atom stereocenters. The lowest BCUT2D eigenvalue weighted by Gasteiger charge is -2.25. The Kier molecular flexibility index (Phi) is 3.80. The first-order valence-electron chi connectivity index (χ1n) is 5.86. The van der Waals surface area contributed by atoms with Crippen molar-refractivity contribution in [3.05, 3.63) is 29.8 Å². The van der Waals surface area contributed by atoms with Crippen LogP contribution in [-0.4, -0.2) is 19.3 Å². The molecule has 0 aliphatic carbocycles. The summed E-state index contributed by atoms with van der Waals surface area (Å²) in [6, 6.07) is 8.01. The van der Waals surface area contributed by atoms with Crippen molar-refractivity contribution in [3.8, 4) is 5.75 Å². The molecule has 1 aliphatic heterocycles. The molecule has 2 rings (SSSR count). The van der Waals surface area contributed by atoms with E-state index in [0.29, 0.717) is 0 Å². The minimum atomic E-state index is 0.0102. The van der Waals surface area contributed by atoms with Crippen LogP contribution in [0, 0.1) is 0 Å². The second-order valence-corrected chi connectivity index (χ2v) is 4.26. The summed E-state index contributed by atoms with van der Waals surface area (Å²) < 4.78 is 11.3. The SMILES string of the molecule is C[C@@H](N)c1ccccc1OC1CCOCC1. The summed E-state index contributed by atoms with van der Waals surface area (Å²) >= 11 is 0. The predicted molar refractivity (Wildman–Crippen MR) is 63.5 cm³/mol. The molecule has 3 nitrogen and oxygen atoms in total. The molecule has 16 heavy (non-hydrogen) atoms. The summed E-state index contributed by atoms with van der Waals surface area (Å²) in [5, 5.41) is 0. The maximum atomic E-state index is 5.99. The summed E-state index contributed by atoms with van der Waals surface area (Å²) in [4.78, 5) is 0. The Labute approximate surface area is 96.5 Å². The maximum absolute atomic E-state index is 5.99. The van der Waals surface area contributed by atoms with Crippen LogP contribution in [0.1, 0.15) is 31.4 Å². The molecule has 88 valence electrons. The fourth-order valence-corrected chi connectivity index (χ4v) is 1.94. The van der Waals surface area contributed by atoms with Crippen LogP contribution < -0.4 is 10.5 Å². The first kappa shape index (κ1) is 11.4. The molecule has 1 aromatic carbocycles. The fourth-order valence-electron chi connectivity index (χ4n) is 1.94. The highest BCUT2D eigenvalue weighted by Crippen LogP contribution is 2.26. The molecule has 0 amide bonds. The van der Waals surface area contributed by atoms with Crippen molar-refractivity contribution in [2.75, 3.05) is 13.2 Å². The lowest BCUT2D eigenvalue weighted by atomic mass is 10.1. The summed E-state index contributed by atoms with van der Waals surface area (Å²) in [5.41, 5.74) is 6.99. The van der Waals surface area contributed by atoms with E-state index in [4.69, 9.17) is 15.2 Å². The number of benzene rings is 1. The lowest BCUT2D eigenvalue weighted by Crippen LogP contribution is -2.26. The molecule has 0 radical (unpaired) electrons. The third-order valence-electron chi connectivity index (χ3n) is 2.87. The van der Waals surface area contributed by atoms with Crippen molar-refractivity contribution < 1.29 is 9.47 Å². The van der Waals surface area contributed by atoms with Gasteiger partial charge in [-0.15, -0.1) is 0 Å². The molecule has 1 heterocycles. The van der Waals surface area contributed by atoms with Crippen LogP contribution in [0.2, 0.25) is 0 Å². The van der Waals surface area contributed by atoms with E-state index in [1.165, 1.54) is 0 Å². The molecule has 0 spiro atoms. The Balaban J connectivity index is 2.07. The zero-order chi connectivity index (χ0) is 11.4. The minimum Gasteiger partial charge on any atom is -0.490 e. The van der Waals surface area contributed by atoms with Gasteiger partial charge in [0.2, 0.25) is 0 Å². The van der Waals surface area contributed by atoms with E-state index in [2.05, 4.69) is 0 Å². The van der Waals surface area contributed by atoms with Gasteiger partial charge in [-0.3, -0.25) is 0 Å². The normalized spacial score (nSPS) is 19.4. The molecule has 1 aliphatic rings. The van der Waals surface area contributed by atoms with Gasteiger partial charge in [-0.2, -0.15) is 0 Å². The third kappa shape index (κ3) is 2.74. The van der Waals surface area contributed by atoms with Gasteiger partial charge < -0.3 is 15.2 Å². The highest BCUT2D eigenvalue weighted by Gasteiger charge is 2.17. The van der Waals surface area contributed by atoms with E-state index in [1.54, 1.807) is 0 Å². The highest BCUT2D eigenvalue weighted by atomic mass is 16.5. The zero-order valence-corrected chi connectivity index (χ0v) is 9.69. The molecule has 1 saturated heterocycles. The van der Waals surface area contributed by atoms with Gasteiger partial charge in [-0.25, -0.2) is 0 Å². The molecule has 0 aromatic heterocycles. The third-order valence-corrected chi connectivity index (χ3v) is 2.87.